The van der Waals surface area contributed by atoms with Gasteiger partial charge in [-0.2, -0.15) is 0 Å². The van der Waals surface area contributed by atoms with Crippen molar-refractivity contribution in [3.8, 4) is 0 Å². The molecular formula is C17H23ClN2O. The molecule has 2 aromatic rings. The molecule has 0 amide bonds. The lowest BCUT2D eigenvalue weighted by Gasteiger charge is -2.30. The molecule has 2 rings (SSSR count). The molecular weight excluding hydrogens is 284 g/mol. The van der Waals surface area contributed by atoms with Crippen LogP contribution < -0.4 is 4.90 Å². The van der Waals surface area contributed by atoms with Crippen LogP contribution in [0.15, 0.2) is 30.3 Å². The van der Waals surface area contributed by atoms with Gasteiger partial charge in [0.2, 0.25) is 0 Å². The summed E-state index contributed by atoms with van der Waals surface area (Å²) < 4.78 is 5.24. The van der Waals surface area contributed by atoms with Gasteiger partial charge >= 0.3 is 0 Å². The second-order valence-electron chi connectivity index (χ2n) is 5.23. The standard InChI is InChI=1S/C17H23ClN2O/c1-4-13(2)20(9-10-21-3)17-11-14(12-18)15-7-5-6-8-16(15)19-17/h5-8,11,13H,4,9-10,12H2,1-3H3. The van der Waals surface area contributed by atoms with Crippen molar-refractivity contribution in [2.75, 3.05) is 25.2 Å². The minimum Gasteiger partial charge on any atom is -0.383 e. The first kappa shape index (κ1) is 16.1. The fraction of sp³-hybridized carbons (Fsp3) is 0.471. The summed E-state index contributed by atoms with van der Waals surface area (Å²) in [5.74, 6) is 1.48. The topological polar surface area (TPSA) is 25.4 Å². The number of ether oxygens (including phenoxy) is 1. The first-order valence-electron chi connectivity index (χ1n) is 7.41. The zero-order chi connectivity index (χ0) is 15.2. The van der Waals surface area contributed by atoms with Crippen LogP contribution >= 0.6 is 11.6 Å². The second-order valence-corrected chi connectivity index (χ2v) is 5.50. The summed E-state index contributed by atoms with van der Waals surface area (Å²) in [6, 6.07) is 10.7. The molecule has 3 nitrogen and oxygen atoms in total. The molecule has 0 saturated heterocycles. The quantitative estimate of drug-likeness (QED) is 0.716. The number of hydrogen-bond acceptors (Lipinski definition) is 3. The minimum absolute atomic E-state index is 0.414. The highest BCUT2D eigenvalue weighted by atomic mass is 35.5. The molecule has 1 unspecified atom stereocenters. The van der Waals surface area contributed by atoms with Crippen LogP contribution in [0.4, 0.5) is 5.82 Å². The van der Waals surface area contributed by atoms with Gasteiger partial charge in [0.15, 0.2) is 0 Å². The largest absolute Gasteiger partial charge is 0.383 e. The number of aromatic nitrogens is 1. The average molecular weight is 307 g/mol. The molecule has 0 N–H and O–H groups in total. The predicted octanol–water partition coefficient (Wildman–Crippen LogP) is 4.22. The third-order valence-corrected chi connectivity index (χ3v) is 4.17. The number of anilines is 1. The van der Waals surface area contributed by atoms with Gasteiger partial charge in [-0.25, -0.2) is 4.98 Å². The fourth-order valence-corrected chi connectivity index (χ4v) is 2.68. The van der Waals surface area contributed by atoms with E-state index in [0.717, 1.165) is 35.2 Å². The van der Waals surface area contributed by atoms with Gasteiger partial charge in [0.05, 0.1) is 12.1 Å². The summed E-state index contributed by atoms with van der Waals surface area (Å²) in [5.41, 5.74) is 2.12. The summed E-state index contributed by atoms with van der Waals surface area (Å²) in [6.07, 6.45) is 1.06. The van der Waals surface area contributed by atoms with Crippen molar-refractivity contribution in [1.29, 1.82) is 0 Å². The molecule has 0 fully saturated rings. The van der Waals surface area contributed by atoms with Crippen LogP contribution in [-0.2, 0) is 10.6 Å². The van der Waals surface area contributed by atoms with Crippen molar-refractivity contribution in [2.45, 2.75) is 32.2 Å². The number of fused-ring (bicyclic) bond motifs is 1. The van der Waals surface area contributed by atoms with Gasteiger partial charge in [-0.05, 0) is 31.0 Å². The third-order valence-electron chi connectivity index (χ3n) is 3.89. The lowest BCUT2D eigenvalue weighted by molar-refractivity contribution is 0.203. The Morgan fingerprint density at radius 2 is 2.10 bits per heavy atom. The Labute approximate surface area is 131 Å². The van der Waals surface area contributed by atoms with E-state index in [1.165, 1.54) is 0 Å². The zero-order valence-electron chi connectivity index (χ0n) is 13.0. The van der Waals surface area contributed by atoms with Crippen molar-refractivity contribution < 1.29 is 4.74 Å². The van der Waals surface area contributed by atoms with Gasteiger partial charge in [0, 0.05) is 31.0 Å². The Hall–Kier alpha value is -1.32. The average Bonchev–Trinajstić information content (AvgIpc) is 2.54. The molecule has 1 aromatic heterocycles. The molecule has 0 bridgehead atoms. The monoisotopic (exact) mass is 306 g/mol. The number of hydrogen-bond donors (Lipinski definition) is 0. The summed E-state index contributed by atoms with van der Waals surface area (Å²) in [7, 11) is 1.73. The van der Waals surface area contributed by atoms with Gasteiger partial charge in [-0.15, -0.1) is 11.6 Å². The Balaban J connectivity index is 2.46. The molecule has 114 valence electrons. The maximum Gasteiger partial charge on any atom is 0.129 e. The van der Waals surface area contributed by atoms with E-state index < -0.39 is 0 Å². The molecule has 1 aromatic carbocycles. The number of rotatable bonds is 7. The molecule has 0 aliphatic heterocycles. The van der Waals surface area contributed by atoms with Crippen LogP contribution in [0, 0.1) is 0 Å². The van der Waals surface area contributed by atoms with Gasteiger partial charge in [0.25, 0.3) is 0 Å². The van der Waals surface area contributed by atoms with Gasteiger partial charge < -0.3 is 9.64 Å². The highest BCUT2D eigenvalue weighted by Gasteiger charge is 2.16. The Kier molecular flexibility index (Phi) is 5.83. The van der Waals surface area contributed by atoms with Gasteiger partial charge in [0.1, 0.15) is 5.82 Å². The minimum atomic E-state index is 0.414. The number of nitrogens with zero attached hydrogens (tertiary/aromatic N) is 2. The predicted molar refractivity (Wildman–Crippen MR) is 90.3 cm³/mol. The Morgan fingerprint density at radius 1 is 1.33 bits per heavy atom. The highest BCUT2D eigenvalue weighted by molar-refractivity contribution is 6.18. The summed E-state index contributed by atoms with van der Waals surface area (Å²) in [5, 5.41) is 1.13. The fourth-order valence-electron chi connectivity index (χ4n) is 2.46. The normalized spacial score (nSPS) is 12.6. The summed E-state index contributed by atoms with van der Waals surface area (Å²) in [4.78, 5) is 7.12. The van der Waals surface area contributed by atoms with Crippen LogP contribution in [0.25, 0.3) is 10.9 Å². The molecule has 4 heteroatoms. The maximum atomic E-state index is 6.13. The van der Waals surface area contributed by atoms with Crippen molar-refractivity contribution in [1.82, 2.24) is 4.98 Å². The van der Waals surface area contributed by atoms with Crippen LogP contribution in [-0.4, -0.2) is 31.3 Å². The lowest BCUT2D eigenvalue weighted by atomic mass is 10.1. The van der Waals surface area contributed by atoms with Crippen LogP contribution in [0.5, 0.6) is 0 Å². The first-order valence-corrected chi connectivity index (χ1v) is 7.94. The van der Waals surface area contributed by atoms with E-state index in [2.05, 4.69) is 30.9 Å². The molecule has 1 atom stereocenters. The highest BCUT2D eigenvalue weighted by Crippen LogP contribution is 2.25. The Morgan fingerprint density at radius 3 is 2.76 bits per heavy atom. The van der Waals surface area contributed by atoms with E-state index in [4.69, 9.17) is 21.3 Å². The molecule has 0 saturated carbocycles. The molecule has 1 heterocycles. The number of alkyl halides is 1. The third kappa shape index (κ3) is 3.66. The summed E-state index contributed by atoms with van der Waals surface area (Å²) in [6.45, 7) is 5.93. The number of para-hydroxylation sites is 1. The van der Waals surface area contributed by atoms with Crippen LogP contribution in [0.2, 0.25) is 0 Å². The van der Waals surface area contributed by atoms with Crippen LogP contribution in [0.3, 0.4) is 0 Å². The van der Waals surface area contributed by atoms with Crippen molar-refractivity contribution in [3.05, 3.63) is 35.9 Å². The SMILES string of the molecule is CCC(C)N(CCOC)c1cc(CCl)c2ccccc2n1. The van der Waals surface area contributed by atoms with E-state index in [9.17, 15) is 0 Å². The van der Waals surface area contributed by atoms with Crippen molar-refractivity contribution in [2.24, 2.45) is 0 Å². The molecule has 0 radical (unpaired) electrons. The maximum absolute atomic E-state index is 6.13. The number of methoxy groups -OCH3 is 1. The zero-order valence-corrected chi connectivity index (χ0v) is 13.7. The van der Waals surface area contributed by atoms with Crippen molar-refractivity contribution in [3.63, 3.8) is 0 Å². The van der Waals surface area contributed by atoms with Crippen molar-refractivity contribution >= 4 is 28.3 Å². The van der Waals surface area contributed by atoms with Gasteiger partial charge in [-0.3, -0.25) is 0 Å². The van der Waals surface area contributed by atoms with E-state index in [-0.39, 0.29) is 0 Å². The molecule has 0 aliphatic rings. The number of halogens is 1. The Bertz CT molecular complexity index is 588. The number of benzene rings is 1. The second kappa shape index (κ2) is 7.62. The molecule has 0 spiro atoms. The molecule has 0 aliphatic carbocycles. The van der Waals surface area contributed by atoms with Crippen LogP contribution in [0.1, 0.15) is 25.8 Å². The van der Waals surface area contributed by atoms with E-state index >= 15 is 0 Å². The lowest BCUT2D eigenvalue weighted by Crippen LogP contribution is -2.36. The van der Waals surface area contributed by atoms with E-state index in [0.29, 0.717) is 18.5 Å². The number of pyridine rings is 1. The molecule has 21 heavy (non-hydrogen) atoms. The summed E-state index contributed by atoms with van der Waals surface area (Å²) >= 11 is 6.13. The van der Waals surface area contributed by atoms with Gasteiger partial charge in [-0.1, -0.05) is 25.1 Å². The van der Waals surface area contributed by atoms with E-state index in [1.807, 2.05) is 18.2 Å². The smallest absolute Gasteiger partial charge is 0.129 e. The van der Waals surface area contributed by atoms with E-state index in [1.54, 1.807) is 7.11 Å². The first-order chi connectivity index (χ1) is 10.2.